The maximum Gasteiger partial charge on any atom is 0.573 e. The maximum atomic E-state index is 12.3. The molecule has 29 heavy (non-hydrogen) atoms. The monoisotopic (exact) mass is 412 g/mol. The molecule has 1 fully saturated rings. The second kappa shape index (κ2) is 8.20. The van der Waals surface area contributed by atoms with Gasteiger partial charge in [-0.2, -0.15) is 0 Å². The number of urea groups is 1. The summed E-state index contributed by atoms with van der Waals surface area (Å²) in [5.41, 5.74) is 0.300. The van der Waals surface area contributed by atoms with Crippen LogP contribution in [0.1, 0.15) is 0 Å². The van der Waals surface area contributed by atoms with Gasteiger partial charge in [0.25, 0.3) is 5.82 Å². The number of nitro groups is 1. The Bertz CT molecular complexity index is 866. The minimum absolute atomic E-state index is 0.0431. The highest BCUT2D eigenvalue weighted by atomic mass is 19.4. The normalized spacial score (nSPS) is 14.4. The minimum Gasteiger partial charge on any atom is -0.406 e. The van der Waals surface area contributed by atoms with Gasteiger partial charge in [0.05, 0.1) is 18.0 Å². The molecule has 1 aromatic heterocycles. The fourth-order valence-corrected chi connectivity index (χ4v) is 2.81. The van der Waals surface area contributed by atoms with Gasteiger partial charge in [0.2, 0.25) is 0 Å². The number of rotatable bonds is 4. The molecule has 0 unspecified atom stereocenters. The average molecular weight is 412 g/mol. The molecule has 0 aliphatic carbocycles. The molecule has 1 saturated heterocycles. The average Bonchev–Trinajstić information content (AvgIpc) is 2.68. The number of halogens is 3. The van der Waals surface area contributed by atoms with E-state index in [1.165, 1.54) is 24.4 Å². The molecule has 3 rings (SSSR count). The zero-order valence-electron chi connectivity index (χ0n) is 15.0. The van der Waals surface area contributed by atoms with Crippen molar-refractivity contribution in [3.63, 3.8) is 0 Å². The number of anilines is 2. The number of hydrogen-bond acceptors (Lipinski definition) is 5. The number of carbonyl (C=O) groups excluding carboxylic acids is 1. The third kappa shape index (κ3) is 5.46. The Hall–Kier alpha value is -3.57. The van der Waals surface area contributed by atoms with E-state index >= 15 is 0 Å². The number of carbonyl (C=O) groups is 1. The molecule has 1 aliphatic heterocycles. The molecule has 9 nitrogen and oxygen atoms in total. The SMILES string of the molecule is O=C(Nc1ccc(OC(F)(F)F)cc1)N1CCN(c2ccc([N+](=O)[O-])c[nH+]2)CC1. The van der Waals surface area contributed by atoms with Crippen molar-refractivity contribution in [2.24, 2.45) is 0 Å². The molecular weight excluding hydrogens is 395 g/mol. The first-order valence-electron chi connectivity index (χ1n) is 8.54. The number of H-pyrrole nitrogens is 1. The van der Waals surface area contributed by atoms with Gasteiger partial charge < -0.3 is 15.0 Å². The number of amides is 2. The van der Waals surface area contributed by atoms with Crippen molar-refractivity contribution < 1.29 is 32.6 Å². The predicted octanol–water partition coefficient (Wildman–Crippen LogP) is 2.66. The summed E-state index contributed by atoms with van der Waals surface area (Å²) in [6, 6.07) is 7.51. The van der Waals surface area contributed by atoms with E-state index in [4.69, 9.17) is 0 Å². The van der Waals surface area contributed by atoms with E-state index in [0.717, 1.165) is 12.1 Å². The Kier molecular flexibility index (Phi) is 5.71. The van der Waals surface area contributed by atoms with Crippen LogP contribution < -0.4 is 19.9 Å². The van der Waals surface area contributed by atoms with Crippen molar-refractivity contribution in [3.8, 4) is 5.75 Å². The van der Waals surface area contributed by atoms with Gasteiger partial charge >= 0.3 is 18.1 Å². The number of aromatic nitrogens is 1. The first-order chi connectivity index (χ1) is 13.7. The van der Waals surface area contributed by atoms with Crippen LogP contribution in [0, 0.1) is 10.1 Å². The standard InChI is InChI=1S/C17H16F3N5O4/c18-17(19,20)29-14-4-1-12(2-5-14)22-16(26)24-9-7-23(8-10-24)15-6-3-13(11-21-15)25(27)28/h1-6,11H,7-10H2,(H,22,26)/p+1. The fraction of sp³-hybridized carbons (Fsp3) is 0.294. The lowest BCUT2D eigenvalue weighted by Gasteiger charge is -2.31. The molecule has 0 atom stereocenters. The number of pyridine rings is 1. The summed E-state index contributed by atoms with van der Waals surface area (Å²) in [5, 5.41) is 13.3. The Balaban J connectivity index is 1.51. The minimum atomic E-state index is -4.77. The Morgan fingerprint density at radius 2 is 1.76 bits per heavy atom. The van der Waals surface area contributed by atoms with Crippen LogP contribution >= 0.6 is 0 Å². The summed E-state index contributed by atoms with van der Waals surface area (Å²) in [6.45, 7) is 1.85. The van der Waals surface area contributed by atoms with Crippen LogP contribution in [0.2, 0.25) is 0 Å². The third-order valence-corrected chi connectivity index (χ3v) is 4.24. The lowest BCUT2D eigenvalue weighted by molar-refractivity contribution is -0.414. The third-order valence-electron chi connectivity index (χ3n) is 4.24. The van der Waals surface area contributed by atoms with Crippen LogP contribution in [0.4, 0.5) is 35.2 Å². The molecule has 2 heterocycles. The molecule has 2 N–H and O–H groups in total. The van der Waals surface area contributed by atoms with Crippen molar-refractivity contribution in [1.82, 2.24) is 4.90 Å². The molecule has 0 radical (unpaired) electrons. The zero-order chi connectivity index (χ0) is 21.0. The summed E-state index contributed by atoms with van der Waals surface area (Å²) in [7, 11) is 0. The first kappa shape index (κ1) is 20.2. The number of aromatic amines is 1. The van der Waals surface area contributed by atoms with Crippen LogP contribution in [-0.4, -0.2) is 48.4 Å². The van der Waals surface area contributed by atoms with Crippen LogP contribution in [-0.2, 0) is 0 Å². The van der Waals surface area contributed by atoms with Crippen molar-refractivity contribution in [2.45, 2.75) is 6.36 Å². The summed E-state index contributed by atoms with van der Waals surface area (Å²) in [6.07, 6.45) is -3.47. The van der Waals surface area contributed by atoms with E-state index in [0.29, 0.717) is 37.7 Å². The Morgan fingerprint density at radius 3 is 2.28 bits per heavy atom. The quantitative estimate of drug-likeness (QED) is 0.615. The van der Waals surface area contributed by atoms with E-state index in [1.54, 1.807) is 11.0 Å². The molecule has 0 spiro atoms. The summed E-state index contributed by atoms with van der Waals surface area (Å²) >= 11 is 0. The second-order valence-electron chi connectivity index (χ2n) is 6.17. The van der Waals surface area contributed by atoms with Gasteiger partial charge in [-0.15, -0.1) is 13.2 Å². The van der Waals surface area contributed by atoms with Gasteiger partial charge in [-0.3, -0.25) is 15.0 Å². The molecule has 0 saturated carbocycles. The van der Waals surface area contributed by atoms with Crippen molar-refractivity contribution in [2.75, 3.05) is 36.4 Å². The Morgan fingerprint density at radius 1 is 1.10 bits per heavy atom. The molecular formula is C17H17F3N5O4+. The lowest BCUT2D eigenvalue weighted by Crippen LogP contribution is -2.51. The molecule has 2 amide bonds. The number of piperazine rings is 1. The highest BCUT2D eigenvalue weighted by Crippen LogP contribution is 2.24. The van der Waals surface area contributed by atoms with Crippen molar-refractivity contribution >= 4 is 23.2 Å². The number of nitrogens with one attached hydrogen (secondary N) is 2. The fourth-order valence-electron chi connectivity index (χ4n) is 2.81. The van der Waals surface area contributed by atoms with Crippen LogP contribution in [0.25, 0.3) is 0 Å². The van der Waals surface area contributed by atoms with Gasteiger partial charge in [0.1, 0.15) is 18.8 Å². The van der Waals surface area contributed by atoms with Crippen molar-refractivity contribution in [3.05, 3.63) is 52.7 Å². The van der Waals surface area contributed by atoms with Gasteiger partial charge in [-0.1, -0.05) is 0 Å². The maximum absolute atomic E-state index is 12.3. The molecule has 154 valence electrons. The molecule has 1 aromatic carbocycles. The topological polar surface area (TPSA) is 102 Å². The molecule has 2 aromatic rings. The lowest BCUT2D eigenvalue weighted by atomic mass is 10.3. The van der Waals surface area contributed by atoms with E-state index in [9.17, 15) is 28.1 Å². The summed E-state index contributed by atoms with van der Waals surface area (Å²) in [4.78, 5) is 28.9. The smallest absolute Gasteiger partial charge is 0.406 e. The predicted molar refractivity (Wildman–Crippen MR) is 95.6 cm³/mol. The zero-order valence-corrected chi connectivity index (χ0v) is 15.0. The van der Waals surface area contributed by atoms with Gasteiger partial charge in [0, 0.05) is 17.8 Å². The van der Waals surface area contributed by atoms with Crippen LogP contribution in [0.3, 0.4) is 0 Å². The number of alkyl halides is 3. The van der Waals surface area contributed by atoms with E-state index in [2.05, 4.69) is 15.0 Å². The van der Waals surface area contributed by atoms with E-state index < -0.39 is 11.3 Å². The second-order valence-corrected chi connectivity index (χ2v) is 6.17. The number of nitrogens with zero attached hydrogens (tertiary/aromatic N) is 3. The number of ether oxygens (including phenoxy) is 1. The molecule has 12 heteroatoms. The largest absolute Gasteiger partial charge is 0.573 e. The first-order valence-corrected chi connectivity index (χ1v) is 8.54. The van der Waals surface area contributed by atoms with Crippen LogP contribution in [0.15, 0.2) is 42.6 Å². The molecule has 0 bridgehead atoms. The van der Waals surface area contributed by atoms with Crippen LogP contribution in [0.5, 0.6) is 5.75 Å². The van der Waals surface area contributed by atoms with Gasteiger partial charge in [-0.05, 0) is 24.3 Å². The van der Waals surface area contributed by atoms with E-state index in [1.807, 2.05) is 4.90 Å². The van der Waals surface area contributed by atoms with E-state index in [-0.39, 0.29) is 17.5 Å². The van der Waals surface area contributed by atoms with Gasteiger partial charge in [0.15, 0.2) is 6.20 Å². The number of benzene rings is 1. The highest BCUT2D eigenvalue weighted by Gasteiger charge is 2.31. The van der Waals surface area contributed by atoms with Gasteiger partial charge in [-0.25, -0.2) is 9.78 Å². The van der Waals surface area contributed by atoms with Crippen molar-refractivity contribution in [1.29, 1.82) is 0 Å². The number of hydrogen-bond donors (Lipinski definition) is 1. The highest BCUT2D eigenvalue weighted by molar-refractivity contribution is 5.89. The summed E-state index contributed by atoms with van der Waals surface area (Å²) < 4.78 is 40.3. The summed E-state index contributed by atoms with van der Waals surface area (Å²) in [5.74, 6) is 0.333. The molecule has 1 aliphatic rings. The Labute approximate surface area is 162 Å².